The lowest BCUT2D eigenvalue weighted by Crippen LogP contribution is -2.06. The number of hydrogen-bond donors (Lipinski definition) is 0. The van der Waals surface area contributed by atoms with Gasteiger partial charge in [-0.15, -0.1) is 0 Å². The van der Waals surface area contributed by atoms with Gasteiger partial charge >= 0.3 is 5.97 Å². The molecule has 8 nitrogen and oxygen atoms in total. The minimum atomic E-state index is -0.609. The summed E-state index contributed by atoms with van der Waals surface area (Å²) in [5.41, 5.74) is 1.99. The number of halogens is 3. The molecule has 36 heavy (non-hydrogen) atoms. The summed E-state index contributed by atoms with van der Waals surface area (Å²) in [4.78, 5) is 27.2. The highest BCUT2D eigenvalue weighted by Gasteiger charge is 2.26. The third-order valence-corrected chi connectivity index (χ3v) is 6.30. The maximum atomic E-state index is 12.5. The summed E-state index contributed by atoms with van der Waals surface area (Å²) >= 11 is 14.3. The second-order valence-electron chi connectivity index (χ2n) is 7.44. The van der Waals surface area contributed by atoms with E-state index in [2.05, 4.69) is 27.6 Å². The molecule has 184 valence electrons. The number of carbonyl (C=O) groups is 1. The molecule has 0 bridgehead atoms. The molecule has 0 amide bonds. The Morgan fingerprint density at radius 2 is 1.86 bits per heavy atom. The van der Waals surface area contributed by atoms with Crippen molar-refractivity contribution in [1.29, 1.82) is 0 Å². The van der Waals surface area contributed by atoms with Crippen LogP contribution in [0, 0.1) is 13.7 Å². The molecule has 0 spiro atoms. The Morgan fingerprint density at radius 1 is 1.11 bits per heavy atom. The Kier molecular flexibility index (Phi) is 8.12. The third kappa shape index (κ3) is 5.97. The van der Waals surface area contributed by atoms with Gasteiger partial charge in [-0.25, -0.2) is 9.79 Å². The molecular weight excluding hydrogens is 622 g/mol. The number of cyclic esters (lactones) is 1. The summed E-state index contributed by atoms with van der Waals surface area (Å²) in [6, 6.07) is 14.5. The van der Waals surface area contributed by atoms with Gasteiger partial charge in [-0.2, -0.15) is 0 Å². The Bertz CT molecular complexity index is 1410. The zero-order valence-electron chi connectivity index (χ0n) is 18.7. The number of hydrogen-bond acceptors (Lipinski definition) is 7. The van der Waals surface area contributed by atoms with Crippen molar-refractivity contribution in [2.45, 2.75) is 13.5 Å². The predicted molar refractivity (Wildman–Crippen MR) is 145 cm³/mol. The molecular formula is C25H17Cl2IN2O6. The summed E-state index contributed by atoms with van der Waals surface area (Å²) in [5.74, 6) is 0.483. The van der Waals surface area contributed by atoms with Crippen molar-refractivity contribution >= 4 is 69.4 Å². The van der Waals surface area contributed by atoms with Crippen molar-refractivity contribution in [3.05, 3.63) is 101 Å². The van der Waals surface area contributed by atoms with Crippen LogP contribution in [0.15, 0.2) is 65.3 Å². The average molecular weight is 639 g/mol. The number of esters is 1. The SMILES string of the molecule is CCOc1cc(/C=C2\N=C(c3ccc(Cl)cc3Cl)OC2=O)cc(I)c1OCc1ccc([N+](=O)[O-])cc1. The molecule has 0 N–H and O–H groups in total. The number of nitro benzene ring substituents is 1. The summed E-state index contributed by atoms with van der Waals surface area (Å²) in [5, 5.41) is 11.6. The number of carbonyl (C=O) groups excluding carboxylic acids is 1. The quantitative estimate of drug-likeness (QED) is 0.0882. The smallest absolute Gasteiger partial charge is 0.363 e. The first-order valence-electron chi connectivity index (χ1n) is 10.6. The summed E-state index contributed by atoms with van der Waals surface area (Å²) in [6.45, 7) is 2.43. The van der Waals surface area contributed by atoms with Gasteiger partial charge < -0.3 is 14.2 Å². The van der Waals surface area contributed by atoms with Gasteiger partial charge in [-0.3, -0.25) is 10.1 Å². The van der Waals surface area contributed by atoms with Crippen LogP contribution in [0.1, 0.15) is 23.6 Å². The van der Waals surface area contributed by atoms with Crippen LogP contribution in [0.2, 0.25) is 10.0 Å². The van der Waals surface area contributed by atoms with Gasteiger partial charge in [0.05, 0.1) is 25.7 Å². The lowest BCUT2D eigenvalue weighted by Gasteiger charge is -2.15. The fourth-order valence-corrected chi connectivity index (χ4v) is 4.56. The van der Waals surface area contributed by atoms with Gasteiger partial charge in [-0.05, 0) is 89.2 Å². The third-order valence-electron chi connectivity index (χ3n) is 4.95. The molecule has 11 heteroatoms. The molecule has 3 aromatic rings. The number of non-ortho nitro benzene ring substituents is 1. The summed E-state index contributed by atoms with van der Waals surface area (Å²) < 4.78 is 17.8. The highest BCUT2D eigenvalue weighted by molar-refractivity contribution is 14.1. The van der Waals surface area contributed by atoms with Crippen molar-refractivity contribution in [2.75, 3.05) is 6.61 Å². The number of ether oxygens (including phenoxy) is 3. The van der Waals surface area contributed by atoms with Crippen molar-refractivity contribution < 1.29 is 23.9 Å². The molecule has 0 aliphatic carbocycles. The van der Waals surface area contributed by atoms with Crippen molar-refractivity contribution in [3.63, 3.8) is 0 Å². The van der Waals surface area contributed by atoms with Crippen LogP contribution < -0.4 is 9.47 Å². The van der Waals surface area contributed by atoms with E-state index in [1.54, 1.807) is 42.5 Å². The van der Waals surface area contributed by atoms with E-state index in [-0.39, 0.29) is 23.9 Å². The molecule has 3 aromatic carbocycles. The van der Waals surface area contributed by atoms with Crippen molar-refractivity contribution in [3.8, 4) is 11.5 Å². The number of aliphatic imine (C=N–C) groups is 1. The molecule has 0 aromatic heterocycles. The first-order chi connectivity index (χ1) is 17.2. The molecule has 1 aliphatic heterocycles. The van der Waals surface area contributed by atoms with E-state index in [1.165, 1.54) is 12.1 Å². The second kappa shape index (κ2) is 11.3. The van der Waals surface area contributed by atoms with E-state index in [1.807, 2.05) is 13.0 Å². The Morgan fingerprint density at radius 3 is 2.53 bits per heavy atom. The Hall–Kier alpha value is -3.15. The zero-order chi connectivity index (χ0) is 25.8. The van der Waals surface area contributed by atoms with Crippen LogP contribution in [0.5, 0.6) is 11.5 Å². The molecule has 0 unspecified atom stereocenters. The highest BCUT2D eigenvalue weighted by Crippen LogP contribution is 2.36. The van der Waals surface area contributed by atoms with E-state index < -0.39 is 10.9 Å². The van der Waals surface area contributed by atoms with E-state index in [0.717, 1.165) is 9.13 Å². The maximum absolute atomic E-state index is 12.5. The minimum absolute atomic E-state index is 0.00955. The molecule has 1 aliphatic rings. The molecule has 0 fully saturated rings. The molecule has 0 saturated carbocycles. The maximum Gasteiger partial charge on any atom is 0.363 e. The zero-order valence-corrected chi connectivity index (χ0v) is 22.3. The monoisotopic (exact) mass is 638 g/mol. The van der Waals surface area contributed by atoms with Crippen LogP contribution in [-0.4, -0.2) is 23.4 Å². The lowest BCUT2D eigenvalue weighted by molar-refractivity contribution is -0.384. The number of benzene rings is 3. The van der Waals surface area contributed by atoms with Gasteiger partial charge in [0.15, 0.2) is 17.2 Å². The molecule has 4 rings (SSSR count). The highest BCUT2D eigenvalue weighted by atomic mass is 127. The van der Waals surface area contributed by atoms with Gasteiger partial charge in [0.25, 0.3) is 5.69 Å². The van der Waals surface area contributed by atoms with E-state index in [4.69, 9.17) is 37.4 Å². The predicted octanol–water partition coefficient (Wildman–Crippen LogP) is 6.83. The van der Waals surface area contributed by atoms with Gasteiger partial charge in [0, 0.05) is 17.2 Å². The summed E-state index contributed by atoms with van der Waals surface area (Å²) in [7, 11) is 0. The van der Waals surface area contributed by atoms with Crippen LogP contribution >= 0.6 is 45.8 Å². The van der Waals surface area contributed by atoms with Crippen LogP contribution in [0.25, 0.3) is 6.08 Å². The Labute approximate surface area is 229 Å². The number of rotatable bonds is 8. The van der Waals surface area contributed by atoms with Crippen molar-refractivity contribution in [2.24, 2.45) is 4.99 Å². The minimum Gasteiger partial charge on any atom is -0.490 e. The van der Waals surface area contributed by atoms with Gasteiger partial charge in [0.2, 0.25) is 5.90 Å². The Balaban J connectivity index is 1.59. The van der Waals surface area contributed by atoms with E-state index in [9.17, 15) is 14.9 Å². The standard InChI is InChI=1S/C25H17Cl2IN2O6/c1-2-34-22-11-15(9-20(28)23(22)35-13-14-3-6-17(7-4-14)30(32)33)10-21-25(31)36-24(29-21)18-8-5-16(26)12-19(18)27/h3-12H,2,13H2,1H3/b21-10-. The summed E-state index contributed by atoms with van der Waals surface area (Å²) in [6.07, 6.45) is 1.59. The molecule has 0 atom stereocenters. The normalized spacial score (nSPS) is 13.9. The van der Waals surface area contributed by atoms with Gasteiger partial charge in [0.1, 0.15) is 6.61 Å². The topological polar surface area (TPSA) is 100 Å². The fourth-order valence-electron chi connectivity index (χ4n) is 3.29. The number of nitrogens with zero attached hydrogens (tertiary/aromatic N) is 2. The largest absolute Gasteiger partial charge is 0.490 e. The van der Waals surface area contributed by atoms with E-state index >= 15 is 0 Å². The van der Waals surface area contributed by atoms with Crippen LogP contribution in [-0.2, 0) is 16.1 Å². The van der Waals surface area contributed by atoms with Crippen LogP contribution in [0.4, 0.5) is 5.69 Å². The van der Waals surface area contributed by atoms with Crippen LogP contribution in [0.3, 0.4) is 0 Å². The van der Waals surface area contributed by atoms with Gasteiger partial charge in [-0.1, -0.05) is 23.2 Å². The van der Waals surface area contributed by atoms with Crippen molar-refractivity contribution in [1.82, 2.24) is 0 Å². The molecule has 1 heterocycles. The first kappa shape index (κ1) is 25.9. The first-order valence-corrected chi connectivity index (χ1v) is 12.4. The lowest BCUT2D eigenvalue weighted by atomic mass is 10.1. The number of nitro groups is 1. The second-order valence-corrected chi connectivity index (χ2v) is 9.44. The van der Waals surface area contributed by atoms with E-state index in [0.29, 0.717) is 39.3 Å². The molecule has 0 radical (unpaired) electrons. The fraction of sp³-hybridized carbons (Fsp3) is 0.120. The molecule has 0 saturated heterocycles. The average Bonchev–Trinajstić information content (AvgIpc) is 3.18.